The van der Waals surface area contributed by atoms with Crippen LogP contribution in [0.5, 0.6) is 5.75 Å². The largest absolute Gasteiger partial charge is 0.496 e. The Morgan fingerprint density at radius 3 is 2.84 bits per heavy atom. The number of nitrogens with two attached hydrogens (primary N) is 1. The quantitative estimate of drug-likeness (QED) is 0.505. The first-order chi connectivity index (χ1) is 15.7. The Hall–Kier alpha value is -4.27. The van der Waals surface area contributed by atoms with Crippen molar-refractivity contribution in [3.8, 4) is 17.0 Å². The van der Waals surface area contributed by atoms with Crippen molar-refractivity contribution in [3.05, 3.63) is 66.4 Å². The molecule has 4 heterocycles. The third kappa shape index (κ3) is 3.43. The van der Waals surface area contributed by atoms with Gasteiger partial charge in [0.15, 0.2) is 5.82 Å². The summed E-state index contributed by atoms with van der Waals surface area (Å²) in [5.41, 5.74) is 9.69. The van der Waals surface area contributed by atoms with Gasteiger partial charge in [-0.3, -0.25) is 14.2 Å². The molecule has 9 nitrogen and oxygen atoms in total. The normalized spacial score (nSPS) is 13.2. The van der Waals surface area contributed by atoms with Gasteiger partial charge in [0.1, 0.15) is 28.6 Å². The molecule has 1 aliphatic heterocycles. The number of ether oxygens (including phenoxy) is 1. The number of amides is 1. The van der Waals surface area contributed by atoms with Gasteiger partial charge in [-0.05, 0) is 37.1 Å². The maximum Gasteiger partial charge on any atom is 0.260 e. The lowest BCUT2D eigenvalue weighted by Gasteiger charge is -2.10. The molecular weight excluding hydrogens is 406 g/mol. The molecule has 5 rings (SSSR count). The third-order valence-corrected chi connectivity index (χ3v) is 5.34. The molecule has 1 aliphatic rings. The summed E-state index contributed by atoms with van der Waals surface area (Å²) >= 11 is 0. The molecule has 0 unspecified atom stereocenters. The van der Waals surface area contributed by atoms with Gasteiger partial charge in [-0.1, -0.05) is 12.1 Å². The van der Waals surface area contributed by atoms with E-state index in [0.717, 1.165) is 36.5 Å². The van der Waals surface area contributed by atoms with Crippen LogP contribution in [-0.2, 0) is 0 Å². The van der Waals surface area contributed by atoms with Crippen molar-refractivity contribution in [2.24, 2.45) is 4.99 Å². The smallest absolute Gasteiger partial charge is 0.260 e. The highest BCUT2D eigenvalue weighted by molar-refractivity contribution is 6.06. The predicted molar refractivity (Wildman–Crippen MR) is 122 cm³/mol. The molecule has 9 heteroatoms. The SMILES string of the molecule is COc1cc(-c2nc(C3=NCCC3)n3ccnc(N)c23)ccc1C(=O)Nc1ccccn1. The van der Waals surface area contributed by atoms with Gasteiger partial charge in [0.25, 0.3) is 5.91 Å². The highest BCUT2D eigenvalue weighted by atomic mass is 16.5. The average Bonchev–Trinajstić information content (AvgIpc) is 3.48. The number of carbonyl (C=O) groups excluding carboxylic acids is 1. The highest BCUT2D eigenvalue weighted by Crippen LogP contribution is 2.33. The maximum absolute atomic E-state index is 12.8. The number of aromatic nitrogens is 4. The number of anilines is 2. The topological polar surface area (TPSA) is 120 Å². The molecular formula is C23H21N7O2. The van der Waals surface area contributed by atoms with Gasteiger partial charge in [-0.25, -0.2) is 15.0 Å². The zero-order valence-electron chi connectivity index (χ0n) is 17.4. The summed E-state index contributed by atoms with van der Waals surface area (Å²) in [5, 5.41) is 2.78. The summed E-state index contributed by atoms with van der Waals surface area (Å²) in [4.78, 5) is 30.6. The number of nitrogens with zero attached hydrogens (tertiary/aromatic N) is 5. The average molecular weight is 427 g/mol. The first-order valence-corrected chi connectivity index (χ1v) is 10.2. The molecule has 0 radical (unpaired) electrons. The Balaban J connectivity index is 1.58. The molecule has 0 spiro atoms. The Bertz CT molecular complexity index is 1350. The van der Waals surface area contributed by atoms with Crippen molar-refractivity contribution in [2.75, 3.05) is 24.7 Å². The Kier molecular flexibility index (Phi) is 4.98. The number of benzene rings is 1. The summed E-state index contributed by atoms with van der Waals surface area (Å²) < 4.78 is 7.46. The summed E-state index contributed by atoms with van der Waals surface area (Å²) in [6.45, 7) is 0.800. The summed E-state index contributed by atoms with van der Waals surface area (Å²) in [6, 6.07) is 10.6. The number of hydrogen-bond donors (Lipinski definition) is 2. The molecule has 0 aliphatic carbocycles. The second-order valence-corrected chi connectivity index (χ2v) is 7.33. The van der Waals surface area contributed by atoms with Crippen LogP contribution in [0.15, 0.2) is 60.0 Å². The molecule has 0 saturated heterocycles. The molecule has 160 valence electrons. The van der Waals surface area contributed by atoms with Gasteiger partial charge in [0.2, 0.25) is 0 Å². The molecule has 1 aromatic carbocycles. The molecule has 3 aromatic heterocycles. The zero-order chi connectivity index (χ0) is 22.1. The van der Waals surface area contributed by atoms with E-state index in [-0.39, 0.29) is 5.91 Å². The van der Waals surface area contributed by atoms with Crippen LogP contribution >= 0.6 is 0 Å². The van der Waals surface area contributed by atoms with Crippen LogP contribution in [0.2, 0.25) is 0 Å². The fourth-order valence-electron chi connectivity index (χ4n) is 3.84. The number of fused-ring (bicyclic) bond motifs is 1. The van der Waals surface area contributed by atoms with E-state index in [1.165, 1.54) is 7.11 Å². The standard InChI is InChI=1S/C23H21N7O2/c1-32-17-13-14(7-8-15(17)23(31)28-18-6-2-3-9-26-18)19-20-21(24)27-11-12-30(20)22(29-19)16-5-4-10-25-16/h2-3,6-9,11-13H,4-5,10H2,1H3,(H2,24,27)(H,26,28,31). The minimum absolute atomic E-state index is 0.316. The molecule has 0 fully saturated rings. The number of rotatable bonds is 5. The summed E-state index contributed by atoms with van der Waals surface area (Å²) in [6.07, 6.45) is 6.98. The van der Waals surface area contributed by atoms with Crippen molar-refractivity contribution in [1.82, 2.24) is 19.4 Å². The molecule has 1 amide bonds. The van der Waals surface area contributed by atoms with E-state index in [0.29, 0.717) is 34.2 Å². The van der Waals surface area contributed by atoms with Crippen LogP contribution < -0.4 is 15.8 Å². The van der Waals surface area contributed by atoms with Gasteiger partial charge in [-0.2, -0.15) is 0 Å². The van der Waals surface area contributed by atoms with E-state index < -0.39 is 0 Å². The van der Waals surface area contributed by atoms with Crippen molar-refractivity contribution in [3.63, 3.8) is 0 Å². The lowest BCUT2D eigenvalue weighted by molar-refractivity contribution is 0.102. The maximum atomic E-state index is 12.8. The van der Waals surface area contributed by atoms with Gasteiger partial charge in [0.05, 0.1) is 18.4 Å². The highest BCUT2D eigenvalue weighted by Gasteiger charge is 2.22. The van der Waals surface area contributed by atoms with E-state index in [4.69, 9.17) is 15.5 Å². The molecule has 0 atom stereocenters. The van der Waals surface area contributed by atoms with Gasteiger partial charge < -0.3 is 15.8 Å². The van der Waals surface area contributed by atoms with Crippen LogP contribution in [0.25, 0.3) is 16.8 Å². The second-order valence-electron chi connectivity index (χ2n) is 7.33. The fraction of sp³-hybridized carbons (Fsp3) is 0.174. The molecule has 32 heavy (non-hydrogen) atoms. The first kappa shape index (κ1) is 19.7. The minimum atomic E-state index is -0.316. The lowest BCUT2D eigenvalue weighted by atomic mass is 10.1. The van der Waals surface area contributed by atoms with Gasteiger partial charge in [0, 0.05) is 30.7 Å². The number of pyridine rings is 1. The van der Waals surface area contributed by atoms with Crippen molar-refractivity contribution < 1.29 is 9.53 Å². The number of nitrogen functional groups attached to an aromatic ring is 1. The van der Waals surface area contributed by atoms with E-state index >= 15 is 0 Å². The lowest BCUT2D eigenvalue weighted by Crippen LogP contribution is -2.14. The van der Waals surface area contributed by atoms with E-state index in [1.807, 2.05) is 16.7 Å². The van der Waals surface area contributed by atoms with Crippen LogP contribution in [0.3, 0.4) is 0 Å². The number of hydrogen-bond acceptors (Lipinski definition) is 7. The Labute approximate surface area is 184 Å². The van der Waals surface area contributed by atoms with E-state index in [2.05, 4.69) is 20.3 Å². The fourth-order valence-corrected chi connectivity index (χ4v) is 3.84. The first-order valence-electron chi connectivity index (χ1n) is 10.2. The summed E-state index contributed by atoms with van der Waals surface area (Å²) in [5.74, 6) is 1.70. The number of methoxy groups -OCH3 is 1. The molecule has 4 aromatic rings. The van der Waals surface area contributed by atoms with E-state index in [1.54, 1.807) is 42.7 Å². The number of nitrogens with one attached hydrogen (secondary N) is 1. The zero-order valence-corrected chi connectivity index (χ0v) is 17.4. The minimum Gasteiger partial charge on any atom is -0.496 e. The van der Waals surface area contributed by atoms with E-state index in [9.17, 15) is 4.79 Å². The van der Waals surface area contributed by atoms with Crippen molar-refractivity contribution >= 4 is 28.8 Å². The number of aliphatic imine (C=N–C) groups is 1. The molecule has 0 bridgehead atoms. The molecule has 0 saturated carbocycles. The van der Waals surface area contributed by atoms with Gasteiger partial charge >= 0.3 is 0 Å². The number of imidazole rings is 1. The Morgan fingerprint density at radius 2 is 2.09 bits per heavy atom. The van der Waals surface area contributed by atoms with Gasteiger partial charge in [-0.15, -0.1) is 0 Å². The number of carbonyl (C=O) groups is 1. The molecule has 3 N–H and O–H groups in total. The van der Waals surface area contributed by atoms with Crippen LogP contribution in [0.4, 0.5) is 11.6 Å². The van der Waals surface area contributed by atoms with Crippen LogP contribution in [0, 0.1) is 0 Å². The van der Waals surface area contributed by atoms with Crippen molar-refractivity contribution in [2.45, 2.75) is 12.8 Å². The van der Waals surface area contributed by atoms with Crippen LogP contribution in [0.1, 0.15) is 29.0 Å². The Morgan fingerprint density at radius 1 is 1.19 bits per heavy atom. The van der Waals surface area contributed by atoms with Crippen LogP contribution in [-0.4, -0.2) is 44.6 Å². The monoisotopic (exact) mass is 427 g/mol. The summed E-state index contributed by atoms with van der Waals surface area (Å²) in [7, 11) is 1.52. The predicted octanol–water partition coefficient (Wildman–Crippen LogP) is 3.22. The third-order valence-electron chi connectivity index (χ3n) is 5.34. The van der Waals surface area contributed by atoms with Crippen molar-refractivity contribution in [1.29, 1.82) is 0 Å². The second kappa shape index (κ2) is 8.10.